The number of halogens is 1. The van der Waals surface area contributed by atoms with Gasteiger partial charge in [-0.25, -0.2) is 0 Å². The summed E-state index contributed by atoms with van der Waals surface area (Å²) in [6.45, 7) is 4.74. The molecule has 0 saturated carbocycles. The lowest BCUT2D eigenvalue weighted by molar-refractivity contribution is 0.393. The Morgan fingerprint density at radius 1 is 1.09 bits per heavy atom. The van der Waals surface area contributed by atoms with Crippen LogP contribution in [0.3, 0.4) is 0 Å². The van der Waals surface area contributed by atoms with Gasteiger partial charge in [-0.05, 0) is 51.6 Å². The van der Waals surface area contributed by atoms with Gasteiger partial charge in [0, 0.05) is 20.5 Å². The topological polar surface area (TPSA) is 0 Å². The van der Waals surface area contributed by atoms with Crippen molar-refractivity contribution in [1.82, 2.24) is 0 Å². The fraction of sp³-hybridized carbons (Fsp3) is 0.238. The number of fused-ring (bicyclic) bond motifs is 7. The second-order valence-corrected chi connectivity index (χ2v) is 8.71. The lowest BCUT2D eigenvalue weighted by Crippen LogP contribution is -2.25. The molecule has 0 aliphatic heterocycles. The molecule has 0 amide bonds. The van der Waals surface area contributed by atoms with Gasteiger partial charge in [-0.3, -0.25) is 0 Å². The maximum Gasteiger partial charge on any atom is 0.0409 e. The molecule has 3 aromatic rings. The molecule has 114 valence electrons. The Hall–Kier alpha value is -1.57. The molecule has 1 unspecified atom stereocenters. The number of allylic oxidation sites excluding steroid dienone is 1. The lowest BCUT2D eigenvalue weighted by Gasteiger charge is -2.31. The van der Waals surface area contributed by atoms with Crippen molar-refractivity contribution in [3.63, 3.8) is 0 Å². The Bertz CT molecular complexity index is 977. The standard InChI is InChI=1S/C21H17ClS/c1-21(2)16-9-7-12(22)11-15(16)19-17(21)10-8-14-13-5-3-4-6-18(13)23-20(14)19/h3-11,17,19H,1-2H3/t17?,19-/m0/s1. The van der Waals surface area contributed by atoms with E-state index in [-0.39, 0.29) is 5.41 Å². The van der Waals surface area contributed by atoms with E-state index in [1.54, 1.807) is 0 Å². The van der Waals surface area contributed by atoms with Gasteiger partial charge in [0.1, 0.15) is 0 Å². The van der Waals surface area contributed by atoms with Gasteiger partial charge in [0.25, 0.3) is 0 Å². The first-order valence-electron chi connectivity index (χ1n) is 8.07. The van der Waals surface area contributed by atoms with Crippen LogP contribution in [0.1, 0.15) is 41.3 Å². The molecule has 0 radical (unpaired) electrons. The highest BCUT2D eigenvalue weighted by Gasteiger charge is 2.48. The first kappa shape index (κ1) is 13.8. The average molecular weight is 337 g/mol. The van der Waals surface area contributed by atoms with Crippen LogP contribution in [0.15, 0.2) is 48.5 Å². The third-order valence-electron chi connectivity index (χ3n) is 5.65. The summed E-state index contributed by atoms with van der Waals surface area (Å²) in [4.78, 5) is 1.51. The van der Waals surface area contributed by atoms with Gasteiger partial charge in [0.05, 0.1) is 0 Å². The zero-order chi connectivity index (χ0) is 15.8. The maximum absolute atomic E-state index is 6.34. The summed E-state index contributed by atoms with van der Waals surface area (Å²) >= 11 is 8.29. The zero-order valence-corrected chi connectivity index (χ0v) is 14.7. The van der Waals surface area contributed by atoms with Crippen molar-refractivity contribution in [1.29, 1.82) is 0 Å². The van der Waals surface area contributed by atoms with Crippen molar-refractivity contribution < 1.29 is 0 Å². The summed E-state index contributed by atoms with van der Waals surface area (Å²) in [5.74, 6) is 0.952. The summed E-state index contributed by atoms with van der Waals surface area (Å²) in [5.41, 5.74) is 4.43. The highest BCUT2D eigenvalue weighted by molar-refractivity contribution is 7.19. The minimum absolute atomic E-state index is 0.148. The molecule has 0 nitrogen and oxygen atoms in total. The third kappa shape index (κ3) is 1.72. The maximum atomic E-state index is 6.34. The SMILES string of the molecule is CC1(C)c2ccc(Cl)cc2[C@@H]2c3sc4ccccc4c3C=CC21. The van der Waals surface area contributed by atoms with Crippen molar-refractivity contribution in [3.05, 3.63) is 75.1 Å². The fourth-order valence-electron chi connectivity index (χ4n) is 4.51. The van der Waals surface area contributed by atoms with Gasteiger partial charge >= 0.3 is 0 Å². The highest BCUT2D eigenvalue weighted by Crippen LogP contribution is 2.58. The van der Waals surface area contributed by atoms with Gasteiger partial charge in [-0.1, -0.05) is 61.9 Å². The van der Waals surface area contributed by atoms with Gasteiger partial charge in [0.2, 0.25) is 0 Å². The predicted octanol–water partition coefficient (Wildman–Crippen LogP) is 6.62. The van der Waals surface area contributed by atoms with Crippen LogP contribution in [0.4, 0.5) is 0 Å². The van der Waals surface area contributed by atoms with E-state index in [0.717, 1.165) is 5.02 Å². The van der Waals surface area contributed by atoms with Crippen LogP contribution in [-0.4, -0.2) is 0 Å². The van der Waals surface area contributed by atoms with E-state index < -0.39 is 0 Å². The van der Waals surface area contributed by atoms with Crippen LogP contribution in [0.5, 0.6) is 0 Å². The second-order valence-electron chi connectivity index (χ2n) is 7.19. The largest absolute Gasteiger partial charge is 0.139 e. The van der Waals surface area contributed by atoms with Crippen molar-refractivity contribution in [2.45, 2.75) is 25.2 Å². The van der Waals surface area contributed by atoms with Crippen molar-refractivity contribution in [2.24, 2.45) is 5.92 Å². The molecule has 2 aromatic carbocycles. The van der Waals surface area contributed by atoms with Crippen LogP contribution >= 0.6 is 22.9 Å². The molecular formula is C21H17ClS. The Labute approximate surface area is 145 Å². The van der Waals surface area contributed by atoms with Gasteiger partial charge in [0.15, 0.2) is 0 Å². The summed E-state index contributed by atoms with van der Waals surface area (Å²) in [6, 6.07) is 15.2. The Morgan fingerprint density at radius 2 is 1.91 bits per heavy atom. The number of thiophene rings is 1. The number of rotatable bonds is 0. The summed E-state index contributed by atoms with van der Waals surface area (Å²) < 4.78 is 1.39. The molecule has 0 N–H and O–H groups in total. The van der Waals surface area contributed by atoms with Crippen molar-refractivity contribution in [3.8, 4) is 0 Å². The molecule has 2 atom stereocenters. The van der Waals surface area contributed by atoms with E-state index in [0.29, 0.717) is 11.8 Å². The Balaban J connectivity index is 1.84. The summed E-state index contributed by atoms with van der Waals surface area (Å²) in [7, 11) is 0. The minimum Gasteiger partial charge on any atom is -0.139 e. The molecule has 2 aliphatic rings. The monoisotopic (exact) mass is 336 g/mol. The Kier molecular flexibility index (Phi) is 2.70. The van der Waals surface area contributed by atoms with Crippen molar-refractivity contribution >= 4 is 39.1 Å². The lowest BCUT2D eigenvalue weighted by atomic mass is 9.73. The van der Waals surface area contributed by atoms with E-state index in [4.69, 9.17) is 11.6 Å². The fourth-order valence-corrected chi connectivity index (χ4v) is 6.05. The quantitative estimate of drug-likeness (QED) is 0.432. The molecule has 1 heterocycles. The van der Waals surface area contributed by atoms with E-state index >= 15 is 0 Å². The summed E-state index contributed by atoms with van der Waals surface area (Å²) in [6.07, 6.45) is 4.78. The van der Waals surface area contributed by atoms with Crippen LogP contribution in [-0.2, 0) is 5.41 Å². The van der Waals surface area contributed by atoms with Gasteiger partial charge in [-0.15, -0.1) is 11.3 Å². The van der Waals surface area contributed by atoms with Crippen LogP contribution in [0.2, 0.25) is 5.02 Å². The van der Waals surface area contributed by atoms with E-state index in [9.17, 15) is 0 Å². The molecule has 0 spiro atoms. The van der Waals surface area contributed by atoms with Crippen molar-refractivity contribution in [2.75, 3.05) is 0 Å². The third-order valence-corrected chi connectivity index (χ3v) is 7.16. The van der Waals surface area contributed by atoms with Gasteiger partial charge in [-0.2, -0.15) is 0 Å². The molecule has 2 heteroatoms. The molecule has 0 saturated heterocycles. The molecule has 23 heavy (non-hydrogen) atoms. The van der Waals surface area contributed by atoms with E-state index in [1.165, 1.54) is 31.7 Å². The average Bonchev–Trinajstić information content (AvgIpc) is 3.01. The zero-order valence-electron chi connectivity index (χ0n) is 13.1. The molecular weight excluding hydrogens is 320 g/mol. The van der Waals surface area contributed by atoms with Crippen LogP contribution in [0, 0.1) is 5.92 Å². The number of benzene rings is 2. The molecule has 5 rings (SSSR count). The predicted molar refractivity (Wildman–Crippen MR) is 101 cm³/mol. The van der Waals surface area contributed by atoms with E-state index in [1.807, 2.05) is 17.4 Å². The molecule has 0 bridgehead atoms. The molecule has 0 fully saturated rings. The van der Waals surface area contributed by atoms with E-state index in [2.05, 4.69) is 62.4 Å². The summed E-state index contributed by atoms with van der Waals surface area (Å²) in [5, 5.41) is 2.23. The number of hydrogen-bond acceptors (Lipinski definition) is 1. The second kappa shape index (κ2) is 4.49. The number of hydrogen-bond donors (Lipinski definition) is 0. The van der Waals surface area contributed by atoms with Crippen LogP contribution < -0.4 is 0 Å². The van der Waals surface area contributed by atoms with Gasteiger partial charge < -0.3 is 0 Å². The first-order valence-corrected chi connectivity index (χ1v) is 9.26. The van der Waals surface area contributed by atoms with Crippen LogP contribution in [0.25, 0.3) is 16.2 Å². The highest BCUT2D eigenvalue weighted by atomic mass is 35.5. The molecule has 2 aliphatic carbocycles. The first-order chi connectivity index (χ1) is 11.1. The molecule has 1 aromatic heterocycles. The smallest absolute Gasteiger partial charge is 0.0409 e. The minimum atomic E-state index is 0.148. The Morgan fingerprint density at radius 3 is 2.78 bits per heavy atom. The normalized spacial score (nSPS) is 23.6.